The number of esters is 1. The molecule has 100 valence electrons. The van der Waals surface area contributed by atoms with Crippen molar-refractivity contribution in [1.82, 2.24) is 0 Å². The van der Waals surface area contributed by atoms with E-state index in [-0.39, 0.29) is 18.7 Å². The van der Waals surface area contributed by atoms with Crippen molar-refractivity contribution in [1.29, 1.82) is 0 Å². The first-order valence-corrected chi connectivity index (χ1v) is 5.51. The van der Waals surface area contributed by atoms with Crippen molar-refractivity contribution in [2.45, 2.75) is 26.3 Å². The topological polar surface area (TPSA) is 38.3 Å². The molecule has 0 saturated carbocycles. The molecule has 6 heteroatoms. The highest BCUT2D eigenvalue weighted by molar-refractivity contribution is 5.70. The third kappa shape index (κ3) is 3.65. The van der Waals surface area contributed by atoms with Crippen LogP contribution in [0, 0.1) is 17.5 Å². The summed E-state index contributed by atoms with van der Waals surface area (Å²) in [6.07, 6.45) is 0.00623. The Hall–Kier alpha value is -1.72. The molecule has 0 bridgehead atoms. The Kier molecular flexibility index (Phi) is 5.00. The standard InChI is InChI=1S/C12H14F3NO2/c1-3-18-10(17)6-7(2)16-9-5-4-8(13)11(14)12(9)15/h4-5,7,16H,3,6H2,1-2H3. The third-order valence-corrected chi connectivity index (χ3v) is 2.22. The summed E-state index contributed by atoms with van der Waals surface area (Å²) in [4.78, 5) is 11.2. The van der Waals surface area contributed by atoms with Gasteiger partial charge < -0.3 is 10.1 Å². The van der Waals surface area contributed by atoms with E-state index in [9.17, 15) is 18.0 Å². The summed E-state index contributed by atoms with van der Waals surface area (Å²) < 4.78 is 43.7. The molecular weight excluding hydrogens is 247 g/mol. The summed E-state index contributed by atoms with van der Waals surface area (Å²) in [5.74, 6) is -4.54. The van der Waals surface area contributed by atoms with Crippen LogP contribution in [-0.2, 0) is 9.53 Å². The Labute approximate surface area is 103 Å². The van der Waals surface area contributed by atoms with Crippen LogP contribution < -0.4 is 5.32 Å². The van der Waals surface area contributed by atoms with Gasteiger partial charge in [-0.25, -0.2) is 13.2 Å². The molecule has 18 heavy (non-hydrogen) atoms. The van der Waals surface area contributed by atoms with Crippen LogP contribution in [0.3, 0.4) is 0 Å². The number of ether oxygens (including phenoxy) is 1. The van der Waals surface area contributed by atoms with Gasteiger partial charge in [-0.05, 0) is 26.0 Å². The smallest absolute Gasteiger partial charge is 0.307 e. The average Bonchev–Trinajstić information content (AvgIpc) is 2.30. The lowest BCUT2D eigenvalue weighted by Crippen LogP contribution is -2.22. The van der Waals surface area contributed by atoms with Crippen molar-refractivity contribution in [3.8, 4) is 0 Å². The fourth-order valence-electron chi connectivity index (χ4n) is 1.42. The third-order valence-electron chi connectivity index (χ3n) is 2.22. The number of nitrogens with one attached hydrogen (secondary N) is 1. The maximum atomic E-state index is 13.3. The van der Waals surface area contributed by atoms with Gasteiger partial charge in [-0.15, -0.1) is 0 Å². The fraction of sp³-hybridized carbons (Fsp3) is 0.417. The number of halogens is 3. The number of hydrogen-bond donors (Lipinski definition) is 1. The molecule has 1 rings (SSSR count). The number of anilines is 1. The van der Waals surface area contributed by atoms with Gasteiger partial charge in [-0.1, -0.05) is 0 Å². The van der Waals surface area contributed by atoms with Gasteiger partial charge in [0.25, 0.3) is 0 Å². The molecule has 1 aromatic carbocycles. The zero-order chi connectivity index (χ0) is 13.7. The van der Waals surface area contributed by atoms with E-state index in [0.717, 1.165) is 12.1 Å². The van der Waals surface area contributed by atoms with Crippen LogP contribution in [0.4, 0.5) is 18.9 Å². The van der Waals surface area contributed by atoms with Crippen molar-refractivity contribution in [3.63, 3.8) is 0 Å². The van der Waals surface area contributed by atoms with Crippen molar-refractivity contribution in [2.24, 2.45) is 0 Å². The molecule has 0 radical (unpaired) electrons. The zero-order valence-corrected chi connectivity index (χ0v) is 10.1. The van der Waals surface area contributed by atoms with Crippen molar-refractivity contribution in [3.05, 3.63) is 29.6 Å². The van der Waals surface area contributed by atoms with E-state index in [4.69, 9.17) is 4.74 Å². The van der Waals surface area contributed by atoms with Gasteiger partial charge in [0.15, 0.2) is 17.5 Å². The minimum absolute atomic E-state index is 0.00623. The molecule has 3 nitrogen and oxygen atoms in total. The molecule has 0 aliphatic rings. The van der Waals surface area contributed by atoms with Crippen LogP contribution >= 0.6 is 0 Å². The molecule has 0 aliphatic carbocycles. The van der Waals surface area contributed by atoms with Gasteiger partial charge >= 0.3 is 5.97 Å². The minimum Gasteiger partial charge on any atom is -0.466 e. The van der Waals surface area contributed by atoms with E-state index in [1.54, 1.807) is 13.8 Å². The quantitative estimate of drug-likeness (QED) is 0.654. The maximum absolute atomic E-state index is 13.3. The summed E-state index contributed by atoms with van der Waals surface area (Å²) >= 11 is 0. The SMILES string of the molecule is CCOC(=O)CC(C)Nc1ccc(F)c(F)c1F. The van der Waals surface area contributed by atoms with Gasteiger partial charge in [0, 0.05) is 6.04 Å². The molecule has 0 spiro atoms. The first-order chi connectivity index (χ1) is 8.45. The Bertz CT molecular complexity index is 438. The van der Waals surface area contributed by atoms with Gasteiger partial charge in [-0.3, -0.25) is 4.79 Å². The normalized spacial score (nSPS) is 12.1. The second-order valence-electron chi connectivity index (χ2n) is 3.78. The Morgan fingerprint density at radius 2 is 2.00 bits per heavy atom. The van der Waals surface area contributed by atoms with E-state index in [2.05, 4.69) is 5.32 Å². The monoisotopic (exact) mass is 261 g/mol. The van der Waals surface area contributed by atoms with Crippen LogP contribution in [0.5, 0.6) is 0 Å². The molecule has 0 heterocycles. The summed E-state index contributed by atoms with van der Waals surface area (Å²) in [6.45, 7) is 3.54. The highest BCUT2D eigenvalue weighted by Gasteiger charge is 2.16. The lowest BCUT2D eigenvalue weighted by Gasteiger charge is -2.15. The summed E-state index contributed by atoms with van der Waals surface area (Å²) in [5.41, 5.74) is -0.189. The first-order valence-electron chi connectivity index (χ1n) is 5.51. The molecule has 1 N–H and O–H groups in total. The molecule has 0 aromatic heterocycles. The maximum Gasteiger partial charge on any atom is 0.307 e. The number of hydrogen-bond acceptors (Lipinski definition) is 3. The van der Waals surface area contributed by atoms with E-state index >= 15 is 0 Å². The van der Waals surface area contributed by atoms with Crippen LogP contribution in [0.1, 0.15) is 20.3 Å². The van der Waals surface area contributed by atoms with Crippen molar-refractivity contribution < 1.29 is 22.7 Å². The minimum atomic E-state index is -1.54. The molecule has 0 amide bonds. The van der Waals surface area contributed by atoms with Crippen molar-refractivity contribution >= 4 is 11.7 Å². The number of rotatable bonds is 5. The zero-order valence-electron chi connectivity index (χ0n) is 10.1. The summed E-state index contributed by atoms with van der Waals surface area (Å²) in [7, 11) is 0. The van der Waals surface area contributed by atoms with Crippen LogP contribution in [-0.4, -0.2) is 18.6 Å². The Morgan fingerprint density at radius 3 is 2.61 bits per heavy atom. The van der Waals surface area contributed by atoms with E-state index in [1.165, 1.54) is 0 Å². The second kappa shape index (κ2) is 6.28. The van der Waals surface area contributed by atoms with Crippen LogP contribution in [0.25, 0.3) is 0 Å². The molecule has 1 unspecified atom stereocenters. The molecule has 0 fully saturated rings. The molecule has 0 aliphatic heterocycles. The average molecular weight is 261 g/mol. The van der Waals surface area contributed by atoms with Gasteiger partial charge in [-0.2, -0.15) is 0 Å². The van der Waals surface area contributed by atoms with E-state index in [1.807, 2.05) is 0 Å². The second-order valence-corrected chi connectivity index (χ2v) is 3.78. The van der Waals surface area contributed by atoms with Gasteiger partial charge in [0.2, 0.25) is 0 Å². The molecule has 0 saturated heterocycles. The molecular formula is C12H14F3NO2. The lowest BCUT2D eigenvalue weighted by atomic mass is 10.2. The lowest BCUT2D eigenvalue weighted by molar-refractivity contribution is -0.143. The molecule has 1 atom stereocenters. The number of carbonyl (C=O) groups is 1. The van der Waals surface area contributed by atoms with E-state index < -0.39 is 29.5 Å². The Morgan fingerprint density at radius 1 is 1.33 bits per heavy atom. The van der Waals surface area contributed by atoms with Gasteiger partial charge in [0.1, 0.15) is 0 Å². The fourth-order valence-corrected chi connectivity index (χ4v) is 1.42. The largest absolute Gasteiger partial charge is 0.466 e. The number of carbonyl (C=O) groups excluding carboxylic acids is 1. The molecule has 1 aromatic rings. The Balaban J connectivity index is 2.68. The van der Waals surface area contributed by atoms with E-state index in [0.29, 0.717) is 0 Å². The van der Waals surface area contributed by atoms with Gasteiger partial charge in [0.05, 0.1) is 18.7 Å². The first kappa shape index (κ1) is 14.3. The summed E-state index contributed by atoms with van der Waals surface area (Å²) in [6, 6.07) is 1.44. The highest BCUT2D eigenvalue weighted by atomic mass is 19.2. The van der Waals surface area contributed by atoms with Crippen molar-refractivity contribution in [2.75, 3.05) is 11.9 Å². The van der Waals surface area contributed by atoms with Crippen LogP contribution in [0.2, 0.25) is 0 Å². The summed E-state index contributed by atoms with van der Waals surface area (Å²) in [5, 5.41) is 2.59. The predicted octanol–water partition coefficient (Wildman–Crippen LogP) is 2.86. The number of benzene rings is 1. The highest BCUT2D eigenvalue weighted by Crippen LogP contribution is 2.20. The predicted molar refractivity (Wildman–Crippen MR) is 60.7 cm³/mol. The van der Waals surface area contributed by atoms with Crippen LogP contribution in [0.15, 0.2) is 12.1 Å².